The lowest BCUT2D eigenvalue weighted by atomic mass is 10.0. The summed E-state index contributed by atoms with van der Waals surface area (Å²) in [5.74, 6) is 0.565. The first-order chi connectivity index (χ1) is 7.15. The lowest BCUT2D eigenvalue weighted by Crippen LogP contribution is -2.38. The number of hydrogen-bond donors (Lipinski definition) is 1. The Balaban J connectivity index is 2.22. The van der Waals surface area contributed by atoms with Crippen molar-refractivity contribution in [3.63, 3.8) is 0 Å². The lowest BCUT2D eigenvalue weighted by molar-refractivity contribution is -0.147. The second-order valence-electron chi connectivity index (χ2n) is 4.69. The topological polar surface area (TPSA) is 52.3 Å². The van der Waals surface area contributed by atoms with E-state index in [0.717, 1.165) is 6.42 Å². The molecule has 0 unspecified atom stereocenters. The highest BCUT2D eigenvalue weighted by Crippen LogP contribution is 2.24. The Kier molecular flexibility index (Phi) is 5.09. The molecule has 2 atom stereocenters. The Hall–Kier alpha value is -0.570. The molecule has 1 aliphatic rings. The molecule has 15 heavy (non-hydrogen) atoms. The molecule has 3 heteroatoms. The van der Waals surface area contributed by atoms with Gasteiger partial charge >= 0.3 is 5.97 Å². The van der Waals surface area contributed by atoms with Gasteiger partial charge in [-0.1, -0.05) is 33.1 Å². The number of esters is 1. The zero-order valence-electron chi connectivity index (χ0n) is 9.87. The molecular formula is C12H23NO2. The summed E-state index contributed by atoms with van der Waals surface area (Å²) in [4.78, 5) is 11.6. The van der Waals surface area contributed by atoms with Crippen molar-refractivity contribution >= 4 is 5.97 Å². The average molecular weight is 213 g/mol. The van der Waals surface area contributed by atoms with Crippen LogP contribution < -0.4 is 5.73 Å². The van der Waals surface area contributed by atoms with Gasteiger partial charge in [-0.25, -0.2) is 0 Å². The molecule has 0 spiro atoms. The van der Waals surface area contributed by atoms with Gasteiger partial charge in [-0.2, -0.15) is 0 Å². The van der Waals surface area contributed by atoms with Crippen LogP contribution >= 0.6 is 0 Å². The highest BCUT2D eigenvalue weighted by Gasteiger charge is 2.23. The maximum absolute atomic E-state index is 11.6. The standard InChI is InChI=1S/C12H23NO2/c1-3-9(2)11(13)12(14)15-8-10-6-4-5-7-10/h9-11H,3-8,13H2,1-2H3/t9-,11-/m0/s1. The molecule has 0 saturated heterocycles. The van der Waals surface area contributed by atoms with Gasteiger partial charge in [0.25, 0.3) is 0 Å². The predicted molar refractivity (Wildman–Crippen MR) is 60.3 cm³/mol. The van der Waals surface area contributed by atoms with Crippen LogP contribution in [-0.4, -0.2) is 18.6 Å². The van der Waals surface area contributed by atoms with Crippen molar-refractivity contribution in [1.82, 2.24) is 0 Å². The van der Waals surface area contributed by atoms with Gasteiger partial charge in [-0.15, -0.1) is 0 Å². The zero-order chi connectivity index (χ0) is 11.3. The third-order valence-corrected chi connectivity index (χ3v) is 3.47. The monoisotopic (exact) mass is 213 g/mol. The molecule has 0 radical (unpaired) electrons. The van der Waals surface area contributed by atoms with Crippen LogP contribution in [0.3, 0.4) is 0 Å². The molecule has 0 aromatic rings. The Labute approximate surface area is 92.4 Å². The smallest absolute Gasteiger partial charge is 0.323 e. The van der Waals surface area contributed by atoms with E-state index >= 15 is 0 Å². The van der Waals surface area contributed by atoms with E-state index in [0.29, 0.717) is 12.5 Å². The number of ether oxygens (including phenoxy) is 1. The van der Waals surface area contributed by atoms with E-state index in [-0.39, 0.29) is 11.9 Å². The van der Waals surface area contributed by atoms with Crippen molar-refractivity contribution in [3.05, 3.63) is 0 Å². The molecule has 88 valence electrons. The molecule has 0 heterocycles. The van der Waals surface area contributed by atoms with Gasteiger partial charge < -0.3 is 10.5 Å². The Morgan fingerprint density at radius 3 is 2.60 bits per heavy atom. The molecule has 1 aliphatic carbocycles. The van der Waals surface area contributed by atoms with Gasteiger partial charge in [0, 0.05) is 0 Å². The predicted octanol–water partition coefficient (Wildman–Crippen LogP) is 2.09. The highest BCUT2D eigenvalue weighted by molar-refractivity contribution is 5.75. The van der Waals surface area contributed by atoms with Gasteiger partial charge in [-0.3, -0.25) is 4.79 Å². The maximum Gasteiger partial charge on any atom is 0.323 e. The summed E-state index contributed by atoms with van der Waals surface area (Å²) in [6.45, 7) is 4.60. The Morgan fingerprint density at radius 1 is 1.47 bits per heavy atom. The van der Waals surface area contributed by atoms with Crippen LogP contribution in [0.4, 0.5) is 0 Å². The number of rotatable bonds is 5. The number of nitrogens with two attached hydrogens (primary N) is 1. The summed E-state index contributed by atoms with van der Waals surface area (Å²) in [6.07, 6.45) is 5.87. The van der Waals surface area contributed by atoms with Crippen LogP contribution in [-0.2, 0) is 9.53 Å². The van der Waals surface area contributed by atoms with Crippen LogP contribution in [0.2, 0.25) is 0 Å². The second-order valence-corrected chi connectivity index (χ2v) is 4.69. The van der Waals surface area contributed by atoms with Crippen molar-refractivity contribution < 1.29 is 9.53 Å². The summed E-state index contributed by atoms with van der Waals surface area (Å²) >= 11 is 0. The fourth-order valence-corrected chi connectivity index (χ4v) is 1.96. The molecule has 0 bridgehead atoms. The quantitative estimate of drug-likeness (QED) is 0.711. The molecule has 0 amide bonds. The number of carbonyl (C=O) groups is 1. The van der Waals surface area contributed by atoms with Crippen LogP contribution in [0, 0.1) is 11.8 Å². The van der Waals surface area contributed by atoms with Crippen LogP contribution in [0.1, 0.15) is 46.0 Å². The Morgan fingerprint density at radius 2 is 2.07 bits per heavy atom. The van der Waals surface area contributed by atoms with E-state index in [1.807, 2.05) is 13.8 Å². The van der Waals surface area contributed by atoms with Crippen molar-refractivity contribution in [2.24, 2.45) is 17.6 Å². The molecule has 3 nitrogen and oxygen atoms in total. The van der Waals surface area contributed by atoms with Gasteiger partial charge in [-0.05, 0) is 24.7 Å². The summed E-state index contributed by atoms with van der Waals surface area (Å²) in [6, 6.07) is -0.448. The van der Waals surface area contributed by atoms with E-state index < -0.39 is 6.04 Å². The van der Waals surface area contributed by atoms with Crippen molar-refractivity contribution in [3.8, 4) is 0 Å². The first kappa shape index (κ1) is 12.5. The van der Waals surface area contributed by atoms with Crippen LogP contribution in [0.25, 0.3) is 0 Å². The largest absolute Gasteiger partial charge is 0.464 e. The SMILES string of the molecule is CC[C@H](C)[C@H](N)C(=O)OCC1CCCC1. The first-order valence-corrected chi connectivity index (χ1v) is 6.07. The third-order valence-electron chi connectivity index (χ3n) is 3.47. The van der Waals surface area contributed by atoms with Gasteiger partial charge in [0.15, 0.2) is 0 Å². The van der Waals surface area contributed by atoms with Gasteiger partial charge in [0.05, 0.1) is 6.61 Å². The molecule has 0 aromatic carbocycles. The van der Waals surface area contributed by atoms with Gasteiger partial charge in [0.1, 0.15) is 6.04 Å². The van der Waals surface area contributed by atoms with Crippen LogP contribution in [0.15, 0.2) is 0 Å². The second kappa shape index (κ2) is 6.11. The molecule has 0 aromatic heterocycles. The minimum absolute atomic E-state index is 0.209. The highest BCUT2D eigenvalue weighted by atomic mass is 16.5. The number of hydrogen-bond acceptors (Lipinski definition) is 3. The van der Waals surface area contributed by atoms with E-state index in [9.17, 15) is 4.79 Å². The lowest BCUT2D eigenvalue weighted by Gasteiger charge is -2.18. The molecular weight excluding hydrogens is 190 g/mol. The maximum atomic E-state index is 11.6. The van der Waals surface area contributed by atoms with Crippen molar-refractivity contribution in [2.75, 3.05) is 6.61 Å². The third kappa shape index (κ3) is 3.82. The zero-order valence-corrected chi connectivity index (χ0v) is 9.87. The van der Waals surface area contributed by atoms with E-state index in [1.165, 1.54) is 25.7 Å². The molecule has 1 rings (SSSR count). The molecule has 1 saturated carbocycles. The van der Waals surface area contributed by atoms with E-state index in [1.54, 1.807) is 0 Å². The average Bonchev–Trinajstić information content (AvgIpc) is 2.76. The first-order valence-electron chi connectivity index (χ1n) is 6.07. The summed E-state index contributed by atoms with van der Waals surface area (Å²) < 4.78 is 5.25. The van der Waals surface area contributed by atoms with Crippen LogP contribution in [0.5, 0.6) is 0 Å². The molecule has 2 N–H and O–H groups in total. The summed E-state index contributed by atoms with van der Waals surface area (Å²) in [5.41, 5.74) is 5.78. The fraction of sp³-hybridized carbons (Fsp3) is 0.917. The molecule has 1 fully saturated rings. The minimum atomic E-state index is -0.448. The van der Waals surface area contributed by atoms with E-state index in [2.05, 4.69) is 0 Å². The van der Waals surface area contributed by atoms with Gasteiger partial charge in [0.2, 0.25) is 0 Å². The van der Waals surface area contributed by atoms with Crippen molar-refractivity contribution in [1.29, 1.82) is 0 Å². The Bertz CT molecular complexity index is 200. The number of carbonyl (C=O) groups excluding carboxylic acids is 1. The van der Waals surface area contributed by atoms with E-state index in [4.69, 9.17) is 10.5 Å². The van der Waals surface area contributed by atoms with Crippen molar-refractivity contribution in [2.45, 2.75) is 52.0 Å². The minimum Gasteiger partial charge on any atom is -0.464 e. The summed E-state index contributed by atoms with van der Waals surface area (Å²) in [5, 5.41) is 0. The molecule has 0 aliphatic heterocycles. The summed E-state index contributed by atoms with van der Waals surface area (Å²) in [7, 11) is 0. The fourth-order valence-electron chi connectivity index (χ4n) is 1.96. The normalized spacial score (nSPS) is 21.3.